The maximum atomic E-state index is 14.8. The van der Waals surface area contributed by atoms with Crippen LogP contribution in [-0.4, -0.2) is 52.8 Å². The molecule has 0 saturated carbocycles. The normalized spacial score (nSPS) is 16.3. The van der Waals surface area contributed by atoms with E-state index in [2.05, 4.69) is 15.3 Å². The van der Waals surface area contributed by atoms with Crippen LogP contribution >= 0.6 is 23.2 Å². The number of pyridine rings is 1. The summed E-state index contributed by atoms with van der Waals surface area (Å²) >= 11 is 11.8. The van der Waals surface area contributed by atoms with Gasteiger partial charge in [-0.1, -0.05) is 23.2 Å². The Morgan fingerprint density at radius 3 is 2.49 bits per heavy atom. The van der Waals surface area contributed by atoms with E-state index < -0.39 is 33.0 Å². The van der Waals surface area contributed by atoms with Crippen molar-refractivity contribution in [3.63, 3.8) is 0 Å². The van der Waals surface area contributed by atoms with Crippen molar-refractivity contribution >= 4 is 39.1 Å². The van der Waals surface area contributed by atoms with E-state index in [-0.39, 0.29) is 58.8 Å². The van der Waals surface area contributed by atoms with E-state index in [0.29, 0.717) is 0 Å². The number of aromatic nitrogens is 3. The number of amides is 1. The predicted octanol–water partition coefficient (Wildman–Crippen LogP) is 3.55. The number of hydrogen-bond donors (Lipinski definition) is 1. The molecule has 35 heavy (non-hydrogen) atoms. The van der Waals surface area contributed by atoms with E-state index in [9.17, 15) is 22.0 Å². The van der Waals surface area contributed by atoms with Crippen molar-refractivity contribution in [3.05, 3.63) is 75.9 Å². The lowest BCUT2D eigenvalue weighted by Gasteiger charge is -2.40. The van der Waals surface area contributed by atoms with Crippen molar-refractivity contribution in [2.24, 2.45) is 7.05 Å². The van der Waals surface area contributed by atoms with Crippen molar-refractivity contribution in [1.82, 2.24) is 24.2 Å². The fraction of sp³-hybridized carbons (Fsp3) is 0.318. The molecule has 1 aromatic carbocycles. The fourth-order valence-corrected chi connectivity index (χ4v) is 6.00. The van der Waals surface area contributed by atoms with Gasteiger partial charge in [-0.2, -0.15) is 4.31 Å². The number of halogens is 4. The predicted molar refractivity (Wildman–Crippen MR) is 126 cm³/mol. The third-order valence-electron chi connectivity index (χ3n) is 6.07. The quantitative estimate of drug-likeness (QED) is 0.479. The van der Waals surface area contributed by atoms with E-state index >= 15 is 0 Å². The lowest BCUT2D eigenvalue weighted by Crippen LogP contribution is -2.51. The molecule has 0 bridgehead atoms. The smallest absolute Gasteiger partial charge is 0.262 e. The van der Waals surface area contributed by atoms with Gasteiger partial charge < -0.3 is 9.88 Å². The first-order valence-electron chi connectivity index (χ1n) is 10.6. The maximum Gasteiger partial charge on any atom is 0.262 e. The fourth-order valence-electron chi connectivity index (χ4n) is 4.12. The van der Waals surface area contributed by atoms with Crippen LogP contribution in [0.4, 0.5) is 8.78 Å². The van der Waals surface area contributed by atoms with Gasteiger partial charge in [-0.25, -0.2) is 22.2 Å². The van der Waals surface area contributed by atoms with E-state index in [1.54, 1.807) is 7.05 Å². The van der Waals surface area contributed by atoms with Crippen LogP contribution in [-0.2, 0) is 22.5 Å². The Morgan fingerprint density at radius 2 is 1.86 bits per heavy atom. The van der Waals surface area contributed by atoms with Crippen molar-refractivity contribution in [3.8, 4) is 0 Å². The van der Waals surface area contributed by atoms with Gasteiger partial charge in [0.05, 0.1) is 27.6 Å². The zero-order chi connectivity index (χ0) is 25.4. The van der Waals surface area contributed by atoms with Crippen LogP contribution in [0.3, 0.4) is 0 Å². The Hall–Kier alpha value is -2.60. The van der Waals surface area contributed by atoms with Gasteiger partial charge in [0, 0.05) is 44.5 Å². The Bertz CT molecular complexity index is 1380. The van der Waals surface area contributed by atoms with Crippen LogP contribution in [0.15, 0.2) is 48.0 Å². The number of carbonyl (C=O) groups excluding carboxylic acids is 1. The Labute approximate surface area is 210 Å². The summed E-state index contributed by atoms with van der Waals surface area (Å²) in [7, 11) is -2.18. The Kier molecular flexibility index (Phi) is 7.14. The van der Waals surface area contributed by atoms with Crippen LogP contribution in [0.25, 0.3) is 0 Å². The molecule has 1 fully saturated rings. The minimum Gasteiger partial charge on any atom is -0.351 e. The number of nitrogens with zero attached hydrogens (tertiary/aromatic N) is 4. The first-order valence-corrected chi connectivity index (χ1v) is 12.7. The highest BCUT2D eigenvalue weighted by Crippen LogP contribution is 2.37. The lowest BCUT2D eigenvalue weighted by molar-refractivity contribution is 0.0930. The van der Waals surface area contributed by atoms with Crippen LogP contribution in [0.1, 0.15) is 28.9 Å². The Morgan fingerprint density at radius 1 is 1.14 bits per heavy atom. The van der Waals surface area contributed by atoms with Crippen molar-refractivity contribution < 1.29 is 22.0 Å². The number of aryl methyl sites for hydroxylation is 1. The lowest BCUT2D eigenvalue weighted by atomic mass is 9.75. The SMILES string of the molecule is Cn1cnc(S(=O)(=O)N2CCC(CNC(=O)c3cc(F)c(Cl)cc3Cl)(c3ncccc3F)CC2)c1. The minimum absolute atomic E-state index is 0.0387. The number of hydrogen-bond acceptors (Lipinski definition) is 5. The van der Waals surface area contributed by atoms with Crippen molar-refractivity contribution in [2.45, 2.75) is 23.3 Å². The molecule has 2 aromatic heterocycles. The molecule has 0 unspecified atom stereocenters. The second kappa shape index (κ2) is 9.81. The summed E-state index contributed by atoms with van der Waals surface area (Å²) < 4.78 is 57.5. The molecule has 1 saturated heterocycles. The van der Waals surface area contributed by atoms with Crippen LogP contribution < -0.4 is 5.32 Å². The number of piperidine rings is 1. The van der Waals surface area contributed by atoms with Crippen molar-refractivity contribution in [2.75, 3.05) is 19.6 Å². The molecule has 186 valence electrons. The number of carbonyl (C=O) groups is 1. The number of nitrogens with one attached hydrogen (secondary N) is 1. The van der Waals surface area contributed by atoms with Gasteiger partial charge in [0.2, 0.25) is 0 Å². The molecule has 1 N–H and O–H groups in total. The Balaban J connectivity index is 1.58. The summed E-state index contributed by atoms with van der Waals surface area (Å²) in [6.45, 7) is 0.0417. The molecule has 3 heterocycles. The highest BCUT2D eigenvalue weighted by Gasteiger charge is 2.43. The molecular formula is C22H21Cl2F2N5O3S. The molecule has 1 amide bonds. The molecule has 1 aliphatic heterocycles. The van der Waals surface area contributed by atoms with Crippen LogP contribution in [0, 0.1) is 11.6 Å². The second-order valence-corrected chi connectivity index (χ2v) is 11.0. The monoisotopic (exact) mass is 543 g/mol. The molecule has 0 spiro atoms. The van der Waals surface area contributed by atoms with Crippen LogP contribution in [0.2, 0.25) is 10.0 Å². The zero-order valence-corrected chi connectivity index (χ0v) is 20.8. The third-order valence-corrected chi connectivity index (χ3v) is 8.45. The molecule has 4 rings (SSSR count). The number of sulfonamides is 1. The summed E-state index contributed by atoms with van der Waals surface area (Å²) in [5, 5.41) is 2.35. The second-order valence-electron chi connectivity index (χ2n) is 8.32. The van der Waals surface area contributed by atoms with Gasteiger partial charge in [-0.15, -0.1) is 0 Å². The molecular weight excluding hydrogens is 523 g/mol. The van der Waals surface area contributed by atoms with Gasteiger partial charge in [-0.05, 0) is 37.1 Å². The zero-order valence-electron chi connectivity index (χ0n) is 18.5. The molecule has 0 radical (unpaired) electrons. The number of benzene rings is 1. The average molecular weight is 544 g/mol. The van der Waals surface area contributed by atoms with Gasteiger partial charge >= 0.3 is 0 Å². The van der Waals surface area contributed by atoms with Gasteiger partial charge in [0.1, 0.15) is 11.6 Å². The molecule has 1 aliphatic rings. The van der Waals surface area contributed by atoms with E-state index in [0.717, 1.165) is 12.1 Å². The molecule has 0 atom stereocenters. The van der Waals surface area contributed by atoms with Gasteiger partial charge in [0.15, 0.2) is 5.03 Å². The summed E-state index contributed by atoms with van der Waals surface area (Å²) in [6, 6.07) is 4.76. The van der Waals surface area contributed by atoms with E-state index in [1.165, 1.54) is 39.7 Å². The largest absolute Gasteiger partial charge is 0.351 e. The van der Waals surface area contributed by atoms with Crippen molar-refractivity contribution in [1.29, 1.82) is 0 Å². The third kappa shape index (κ3) is 5.04. The molecule has 13 heteroatoms. The van der Waals surface area contributed by atoms with Gasteiger partial charge in [-0.3, -0.25) is 9.78 Å². The number of imidazole rings is 1. The maximum absolute atomic E-state index is 14.8. The standard InChI is InChI=1S/C22H21Cl2F2N5O3S/c1-30-11-19(29-13-30)35(33,34)31-7-4-22(5-8-31,20-17(25)3-2-6-27-20)12-28-21(32)14-9-18(26)16(24)10-15(14)23/h2-3,6,9-11,13H,4-5,7-8,12H2,1H3,(H,28,32). The topological polar surface area (TPSA) is 97.2 Å². The summed E-state index contributed by atoms with van der Waals surface area (Å²) in [5.74, 6) is -2.05. The first-order chi connectivity index (χ1) is 16.5. The van der Waals surface area contributed by atoms with E-state index in [1.807, 2.05) is 0 Å². The molecule has 0 aliphatic carbocycles. The molecule has 8 nitrogen and oxygen atoms in total. The van der Waals surface area contributed by atoms with Gasteiger partial charge in [0.25, 0.3) is 15.9 Å². The molecule has 3 aromatic rings. The van der Waals surface area contributed by atoms with E-state index in [4.69, 9.17) is 23.2 Å². The minimum atomic E-state index is -3.84. The summed E-state index contributed by atoms with van der Waals surface area (Å²) in [4.78, 5) is 20.9. The van der Waals surface area contributed by atoms with Crippen LogP contribution in [0.5, 0.6) is 0 Å². The number of rotatable bonds is 6. The average Bonchev–Trinajstić information content (AvgIpc) is 3.27. The first kappa shape index (κ1) is 25.5. The summed E-state index contributed by atoms with van der Waals surface area (Å²) in [5.41, 5.74) is -1.02. The highest BCUT2D eigenvalue weighted by atomic mass is 35.5. The summed E-state index contributed by atoms with van der Waals surface area (Å²) in [6.07, 6.45) is 4.59. The highest BCUT2D eigenvalue weighted by molar-refractivity contribution is 7.89.